The van der Waals surface area contributed by atoms with Gasteiger partial charge in [0.25, 0.3) is 0 Å². The van der Waals surface area contributed by atoms with Gasteiger partial charge in [0.05, 0.1) is 39.0 Å². The number of aliphatic hydroxyl groups is 1. The van der Waals surface area contributed by atoms with Gasteiger partial charge in [-0.2, -0.15) is 0 Å². The zero-order valence-corrected chi connectivity index (χ0v) is 11.7. The molecule has 2 rings (SSSR count). The molecule has 0 saturated carbocycles. The van der Waals surface area contributed by atoms with Crippen LogP contribution >= 0.6 is 0 Å². The Hall–Kier alpha value is -1.79. The van der Waals surface area contributed by atoms with Crippen LogP contribution in [-0.2, 0) is 4.74 Å². The SMILES string of the molecule is COc1cccc(NC(=O)N2CC(CO)OCC2C)c1. The fraction of sp³-hybridized carbons (Fsp3) is 0.500. The number of hydrogen-bond donors (Lipinski definition) is 2. The van der Waals surface area contributed by atoms with Crippen LogP contribution in [0.25, 0.3) is 0 Å². The molecule has 0 aromatic heterocycles. The van der Waals surface area contributed by atoms with E-state index in [4.69, 9.17) is 14.6 Å². The summed E-state index contributed by atoms with van der Waals surface area (Å²) in [5.41, 5.74) is 0.675. The average molecular weight is 280 g/mol. The summed E-state index contributed by atoms with van der Waals surface area (Å²) in [6.45, 7) is 2.64. The van der Waals surface area contributed by atoms with Gasteiger partial charge in [0.1, 0.15) is 5.75 Å². The minimum atomic E-state index is -0.317. The van der Waals surface area contributed by atoms with Crippen LogP contribution in [0.3, 0.4) is 0 Å². The molecule has 0 spiro atoms. The number of carbonyl (C=O) groups is 1. The topological polar surface area (TPSA) is 71.0 Å². The number of urea groups is 1. The Morgan fingerprint density at radius 3 is 3.10 bits per heavy atom. The lowest BCUT2D eigenvalue weighted by molar-refractivity contribution is -0.0611. The summed E-state index contributed by atoms with van der Waals surface area (Å²) < 4.78 is 10.5. The van der Waals surface area contributed by atoms with Crippen LogP contribution in [-0.4, -0.2) is 55.1 Å². The number of nitrogens with zero attached hydrogens (tertiary/aromatic N) is 1. The van der Waals surface area contributed by atoms with Crippen LogP contribution < -0.4 is 10.1 Å². The molecule has 0 radical (unpaired) electrons. The van der Waals surface area contributed by atoms with Crippen molar-refractivity contribution in [2.24, 2.45) is 0 Å². The fourth-order valence-corrected chi connectivity index (χ4v) is 2.11. The smallest absolute Gasteiger partial charge is 0.322 e. The number of benzene rings is 1. The molecule has 1 aliphatic heterocycles. The Morgan fingerprint density at radius 2 is 2.40 bits per heavy atom. The van der Waals surface area contributed by atoms with Crippen molar-refractivity contribution in [3.05, 3.63) is 24.3 Å². The van der Waals surface area contributed by atoms with Crippen LogP contribution in [0.15, 0.2) is 24.3 Å². The van der Waals surface area contributed by atoms with E-state index in [-0.39, 0.29) is 24.8 Å². The molecular formula is C14H20N2O4. The molecule has 1 aromatic rings. The number of amides is 2. The van der Waals surface area contributed by atoms with Gasteiger partial charge in [0.2, 0.25) is 0 Å². The highest BCUT2D eigenvalue weighted by Crippen LogP contribution is 2.18. The van der Waals surface area contributed by atoms with Crippen molar-refractivity contribution in [2.75, 3.05) is 32.2 Å². The van der Waals surface area contributed by atoms with Gasteiger partial charge in [-0.1, -0.05) is 6.07 Å². The number of nitrogens with one attached hydrogen (secondary N) is 1. The maximum atomic E-state index is 12.3. The zero-order valence-electron chi connectivity index (χ0n) is 11.7. The second-order valence-electron chi connectivity index (χ2n) is 4.80. The van der Waals surface area contributed by atoms with Crippen molar-refractivity contribution in [1.29, 1.82) is 0 Å². The molecule has 2 unspecified atom stereocenters. The van der Waals surface area contributed by atoms with Crippen LogP contribution in [0, 0.1) is 0 Å². The van der Waals surface area contributed by atoms with Crippen molar-refractivity contribution in [3.63, 3.8) is 0 Å². The summed E-state index contributed by atoms with van der Waals surface area (Å²) in [5.74, 6) is 0.686. The van der Waals surface area contributed by atoms with E-state index in [0.29, 0.717) is 24.6 Å². The molecule has 6 heteroatoms. The standard InChI is InChI=1S/C14H20N2O4/c1-10-9-20-13(8-17)7-16(10)14(18)15-11-4-3-5-12(6-11)19-2/h3-6,10,13,17H,7-9H2,1-2H3,(H,15,18). The molecule has 6 nitrogen and oxygen atoms in total. The third-order valence-electron chi connectivity index (χ3n) is 3.29. The Kier molecular flexibility index (Phi) is 4.81. The first-order valence-electron chi connectivity index (χ1n) is 6.58. The Labute approximate surface area is 118 Å². The van der Waals surface area contributed by atoms with E-state index in [1.54, 1.807) is 24.1 Å². The predicted molar refractivity (Wildman–Crippen MR) is 75.0 cm³/mol. The highest BCUT2D eigenvalue weighted by atomic mass is 16.5. The normalized spacial score (nSPS) is 22.4. The van der Waals surface area contributed by atoms with Crippen molar-refractivity contribution in [1.82, 2.24) is 4.90 Å². The van der Waals surface area contributed by atoms with E-state index >= 15 is 0 Å². The first-order valence-corrected chi connectivity index (χ1v) is 6.58. The van der Waals surface area contributed by atoms with E-state index in [9.17, 15) is 4.79 Å². The van der Waals surface area contributed by atoms with Crippen LogP contribution in [0.1, 0.15) is 6.92 Å². The van der Waals surface area contributed by atoms with Gasteiger partial charge in [-0.3, -0.25) is 0 Å². The van der Waals surface area contributed by atoms with Crippen LogP contribution in [0.2, 0.25) is 0 Å². The van der Waals surface area contributed by atoms with Crippen LogP contribution in [0.5, 0.6) is 5.75 Å². The molecular weight excluding hydrogens is 260 g/mol. The number of methoxy groups -OCH3 is 1. The lowest BCUT2D eigenvalue weighted by Gasteiger charge is -2.37. The monoisotopic (exact) mass is 280 g/mol. The summed E-state index contributed by atoms with van der Waals surface area (Å²) in [5, 5.41) is 12.0. The van der Waals surface area contributed by atoms with Crippen molar-refractivity contribution in [2.45, 2.75) is 19.1 Å². The minimum absolute atomic E-state index is 0.0246. The maximum absolute atomic E-state index is 12.3. The van der Waals surface area contributed by atoms with Crippen molar-refractivity contribution < 1.29 is 19.4 Å². The van der Waals surface area contributed by atoms with Crippen LogP contribution in [0.4, 0.5) is 10.5 Å². The van der Waals surface area contributed by atoms with E-state index in [1.807, 2.05) is 19.1 Å². The number of carbonyl (C=O) groups excluding carboxylic acids is 1. The molecule has 1 aromatic carbocycles. The molecule has 1 aliphatic rings. The Balaban J connectivity index is 2.02. The lowest BCUT2D eigenvalue weighted by Crippen LogP contribution is -2.53. The van der Waals surface area contributed by atoms with E-state index < -0.39 is 0 Å². The van der Waals surface area contributed by atoms with Gasteiger partial charge in [-0.15, -0.1) is 0 Å². The second-order valence-corrected chi connectivity index (χ2v) is 4.80. The summed E-state index contributed by atoms with van der Waals surface area (Å²) in [6.07, 6.45) is -0.317. The molecule has 0 aliphatic carbocycles. The van der Waals surface area contributed by atoms with E-state index in [0.717, 1.165) is 0 Å². The molecule has 20 heavy (non-hydrogen) atoms. The molecule has 1 saturated heterocycles. The molecule has 1 fully saturated rings. The minimum Gasteiger partial charge on any atom is -0.497 e. The summed E-state index contributed by atoms with van der Waals surface area (Å²) in [6, 6.07) is 6.96. The van der Waals surface area contributed by atoms with Gasteiger partial charge in [-0.05, 0) is 19.1 Å². The van der Waals surface area contributed by atoms with E-state index in [1.165, 1.54) is 0 Å². The summed E-state index contributed by atoms with van der Waals surface area (Å²) in [4.78, 5) is 13.9. The zero-order chi connectivity index (χ0) is 14.5. The lowest BCUT2D eigenvalue weighted by atomic mass is 10.2. The molecule has 2 N–H and O–H groups in total. The van der Waals surface area contributed by atoms with Crippen molar-refractivity contribution >= 4 is 11.7 Å². The number of aliphatic hydroxyl groups excluding tert-OH is 1. The number of anilines is 1. The molecule has 2 amide bonds. The number of ether oxygens (including phenoxy) is 2. The third kappa shape index (κ3) is 3.40. The van der Waals surface area contributed by atoms with Gasteiger partial charge in [-0.25, -0.2) is 4.79 Å². The Bertz CT molecular complexity index is 466. The predicted octanol–water partition coefficient (Wildman–Crippen LogP) is 1.31. The molecule has 2 atom stereocenters. The number of rotatable bonds is 3. The largest absolute Gasteiger partial charge is 0.497 e. The van der Waals surface area contributed by atoms with Gasteiger partial charge < -0.3 is 24.8 Å². The average Bonchev–Trinajstić information content (AvgIpc) is 2.47. The Morgan fingerprint density at radius 1 is 1.60 bits per heavy atom. The van der Waals surface area contributed by atoms with Gasteiger partial charge in [0, 0.05) is 11.8 Å². The first kappa shape index (κ1) is 14.6. The highest BCUT2D eigenvalue weighted by Gasteiger charge is 2.29. The van der Waals surface area contributed by atoms with E-state index in [2.05, 4.69) is 5.32 Å². The molecule has 1 heterocycles. The number of hydrogen-bond acceptors (Lipinski definition) is 4. The maximum Gasteiger partial charge on any atom is 0.322 e. The summed E-state index contributed by atoms with van der Waals surface area (Å²) in [7, 11) is 1.58. The number of morpholine rings is 1. The first-order chi connectivity index (χ1) is 9.63. The summed E-state index contributed by atoms with van der Waals surface area (Å²) >= 11 is 0. The van der Waals surface area contributed by atoms with Gasteiger partial charge in [0.15, 0.2) is 0 Å². The quantitative estimate of drug-likeness (QED) is 0.875. The molecule has 110 valence electrons. The van der Waals surface area contributed by atoms with Gasteiger partial charge >= 0.3 is 6.03 Å². The second kappa shape index (κ2) is 6.58. The molecule has 0 bridgehead atoms. The highest BCUT2D eigenvalue weighted by molar-refractivity contribution is 5.89. The van der Waals surface area contributed by atoms with Crippen molar-refractivity contribution in [3.8, 4) is 5.75 Å². The third-order valence-corrected chi connectivity index (χ3v) is 3.29. The fourth-order valence-electron chi connectivity index (χ4n) is 2.11.